The van der Waals surface area contributed by atoms with Crippen molar-refractivity contribution in [3.05, 3.63) is 35.4 Å². The molecule has 4 nitrogen and oxygen atoms in total. The summed E-state index contributed by atoms with van der Waals surface area (Å²) < 4.78 is 25.7. The Morgan fingerprint density at radius 1 is 1.44 bits per heavy atom. The van der Waals surface area contributed by atoms with Crippen molar-refractivity contribution in [2.24, 2.45) is 5.73 Å². The Bertz CT molecular complexity index is 450. The van der Waals surface area contributed by atoms with Crippen molar-refractivity contribution in [1.29, 1.82) is 0 Å². The van der Waals surface area contributed by atoms with E-state index < -0.39 is 29.2 Å². The Labute approximate surface area is 104 Å². The number of carbonyl (C=O) groups excluding carboxylic acids is 1. The number of β-amino-alcohol motifs (C(OH)–C–C–N with tert-alkyl or cyclic N) is 1. The minimum atomic E-state index is -1.06. The van der Waals surface area contributed by atoms with E-state index in [9.17, 15) is 18.7 Å². The fourth-order valence-electron chi connectivity index (χ4n) is 1.28. The number of hydrogen-bond donors (Lipinski definition) is 3. The van der Waals surface area contributed by atoms with Gasteiger partial charge in [-0.1, -0.05) is 6.07 Å². The average molecular weight is 258 g/mol. The maximum atomic E-state index is 13.0. The van der Waals surface area contributed by atoms with E-state index in [1.807, 2.05) is 0 Å². The molecule has 0 aliphatic heterocycles. The molecule has 4 N–H and O–H groups in total. The van der Waals surface area contributed by atoms with Crippen LogP contribution in [0.25, 0.3) is 0 Å². The van der Waals surface area contributed by atoms with Crippen molar-refractivity contribution in [3.8, 4) is 0 Å². The molecule has 1 aromatic carbocycles. The topological polar surface area (TPSA) is 75.3 Å². The molecule has 0 bridgehead atoms. The predicted molar refractivity (Wildman–Crippen MR) is 62.6 cm³/mol. The number of aliphatic hydroxyl groups is 1. The lowest BCUT2D eigenvalue weighted by Crippen LogP contribution is -2.51. The molecule has 1 aromatic rings. The highest BCUT2D eigenvalue weighted by molar-refractivity contribution is 5.83. The molecule has 0 aromatic heterocycles. The van der Waals surface area contributed by atoms with Crippen LogP contribution in [0.4, 0.5) is 8.78 Å². The van der Waals surface area contributed by atoms with Gasteiger partial charge in [-0.2, -0.15) is 0 Å². The number of nitrogens with two attached hydrogens (primary N) is 1. The van der Waals surface area contributed by atoms with Crippen molar-refractivity contribution in [2.45, 2.75) is 25.5 Å². The van der Waals surface area contributed by atoms with E-state index in [0.29, 0.717) is 0 Å². The molecule has 1 unspecified atom stereocenters. The Morgan fingerprint density at radius 2 is 2.06 bits per heavy atom. The first-order chi connectivity index (χ1) is 8.24. The second kappa shape index (κ2) is 5.41. The van der Waals surface area contributed by atoms with Gasteiger partial charge < -0.3 is 16.2 Å². The third-order valence-corrected chi connectivity index (χ3v) is 2.68. The third-order valence-electron chi connectivity index (χ3n) is 2.68. The average Bonchev–Trinajstić information content (AvgIpc) is 2.29. The first kappa shape index (κ1) is 14.5. The van der Waals surface area contributed by atoms with E-state index in [-0.39, 0.29) is 12.1 Å². The van der Waals surface area contributed by atoms with Crippen molar-refractivity contribution >= 4 is 5.91 Å². The summed E-state index contributed by atoms with van der Waals surface area (Å²) in [4.78, 5) is 11.0. The number of halogens is 2. The number of nitrogens with one attached hydrogen (secondary N) is 1. The molecular formula is C12H16F2N2O2. The van der Waals surface area contributed by atoms with Crippen LogP contribution in [0.2, 0.25) is 0 Å². The minimum Gasteiger partial charge on any atom is -0.387 e. The lowest BCUT2D eigenvalue weighted by molar-refractivity contribution is -0.123. The lowest BCUT2D eigenvalue weighted by Gasteiger charge is -2.24. The van der Waals surface area contributed by atoms with Crippen LogP contribution in [-0.2, 0) is 4.79 Å². The summed E-state index contributed by atoms with van der Waals surface area (Å²) in [5.74, 6) is -2.57. The normalized spacial score (nSPS) is 13.4. The standard InChI is InChI=1S/C12H16F2N2O2/c1-12(2,11(15)18)16-6-10(17)7-3-4-8(13)9(14)5-7/h3-5,10,16-17H,6H2,1-2H3,(H2,15,18). The molecule has 18 heavy (non-hydrogen) atoms. The first-order valence-electron chi connectivity index (χ1n) is 5.42. The zero-order valence-electron chi connectivity index (χ0n) is 10.2. The molecule has 0 aliphatic carbocycles. The Balaban J connectivity index is 2.68. The van der Waals surface area contributed by atoms with Crippen molar-refractivity contribution in [3.63, 3.8) is 0 Å². The Hall–Kier alpha value is -1.53. The van der Waals surface area contributed by atoms with Crippen LogP contribution >= 0.6 is 0 Å². The summed E-state index contributed by atoms with van der Waals surface area (Å²) in [7, 11) is 0. The van der Waals surface area contributed by atoms with Crippen molar-refractivity contribution in [1.82, 2.24) is 5.32 Å². The number of amides is 1. The van der Waals surface area contributed by atoms with Crippen molar-refractivity contribution < 1.29 is 18.7 Å². The summed E-state index contributed by atoms with van der Waals surface area (Å²) in [6.45, 7) is 3.13. The van der Waals surface area contributed by atoms with E-state index >= 15 is 0 Å². The van der Waals surface area contributed by atoms with Gasteiger partial charge in [-0.3, -0.25) is 4.79 Å². The van der Waals surface area contributed by atoms with Crippen LogP contribution in [-0.4, -0.2) is 23.1 Å². The molecule has 0 aliphatic rings. The van der Waals surface area contributed by atoms with E-state index in [4.69, 9.17) is 5.73 Å². The van der Waals surface area contributed by atoms with Gasteiger partial charge in [0.15, 0.2) is 11.6 Å². The fourth-order valence-corrected chi connectivity index (χ4v) is 1.28. The van der Waals surface area contributed by atoms with Crippen LogP contribution < -0.4 is 11.1 Å². The largest absolute Gasteiger partial charge is 0.387 e. The second-order valence-corrected chi connectivity index (χ2v) is 4.56. The van der Waals surface area contributed by atoms with E-state index in [1.54, 1.807) is 13.8 Å². The first-order valence-corrected chi connectivity index (χ1v) is 5.42. The summed E-state index contributed by atoms with van der Waals surface area (Å²) in [5, 5.41) is 12.5. The zero-order chi connectivity index (χ0) is 13.9. The molecule has 0 heterocycles. The molecule has 0 fully saturated rings. The maximum Gasteiger partial charge on any atom is 0.237 e. The van der Waals surface area contributed by atoms with E-state index in [1.165, 1.54) is 6.07 Å². The number of benzene rings is 1. The highest BCUT2D eigenvalue weighted by Gasteiger charge is 2.25. The quantitative estimate of drug-likeness (QED) is 0.733. The maximum absolute atomic E-state index is 13.0. The van der Waals surface area contributed by atoms with E-state index in [2.05, 4.69) is 5.32 Å². The molecular weight excluding hydrogens is 242 g/mol. The molecule has 0 saturated carbocycles. The SMILES string of the molecule is CC(C)(NCC(O)c1ccc(F)c(F)c1)C(N)=O. The Morgan fingerprint density at radius 3 is 2.56 bits per heavy atom. The monoisotopic (exact) mass is 258 g/mol. The Kier molecular flexibility index (Phi) is 4.37. The molecule has 0 radical (unpaired) electrons. The number of primary amides is 1. The van der Waals surface area contributed by atoms with Crippen LogP contribution in [0.1, 0.15) is 25.5 Å². The lowest BCUT2D eigenvalue weighted by atomic mass is 10.0. The molecule has 1 rings (SSSR count). The summed E-state index contributed by atoms with van der Waals surface area (Å²) in [6.07, 6.45) is -1.06. The van der Waals surface area contributed by atoms with Crippen LogP contribution in [0.5, 0.6) is 0 Å². The van der Waals surface area contributed by atoms with Gasteiger partial charge in [0.2, 0.25) is 5.91 Å². The van der Waals surface area contributed by atoms with Gasteiger partial charge in [0.1, 0.15) is 0 Å². The van der Waals surface area contributed by atoms with Crippen LogP contribution in [0.15, 0.2) is 18.2 Å². The molecule has 100 valence electrons. The third kappa shape index (κ3) is 3.48. The molecule has 6 heteroatoms. The van der Waals surface area contributed by atoms with E-state index in [0.717, 1.165) is 12.1 Å². The minimum absolute atomic E-state index is 0.00100. The highest BCUT2D eigenvalue weighted by Crippen LogP contribution is 2.16. The van der Waals surface area contributed by atoms with Gasteiger partial charge in [0.05, 0.1) is 11.6 Å². The summed E-state index contributed by atoms with van der Waals surface area (Å²) >= 11 is 0. The number of rotatable bonds is 5. The van der Waals surface area contributed by atoms with Gasteiger partial charge in [0, 0.05) is 6.54 Å². The highest BCUT2D eigenvalue weighted by atomic mass is 19.2. The van der Waals surface area contributed by atoms with Gasteiger partial charge in [-0.15, -0.1) is 0 Å². The zero-order valence-corrected chi connectivity index (χ0v) is 10.2. The van der Waals surface area contributed by atoms with Crippen molar-refractivity contribution in [2.75, 3.05) is 6.54 Å². The van der Waals surface area contributed by atoms with Gasteiger partial charge in [0.25, 0.3) is 0 Å². The fraction of sp³-hybridized carbons (Fsp3) is 0.417. The summed E-state index contributed by atoms with van der Waals surface area (Å²) in [5.41, 5.74) is 4.38. The molecule has 0 saturated heterocycles. The number of carbonyl (C=O) groups is 1. The van der Waals surface area contributed by atoms with Gasteiger partial charge >= 0.3 is 0 Å². The predicted octanol–water partition coefficient (Wildman–Crippen LogP) is 0.852. The molecule has 0 spiro atoms. The van der Waals surface area contributed by atoms with Crippen LogP contribution in [0.3, 0.4) is 0 Å². The van der Waals surface area contributed by atoms with Gasteiger partial charge in [-0.25, -0.2) is 8.78 Å². The van der Waals surface area contributed by atoms with Gasteiger partial charge in [-0.05, 0) is 31.5 Å². The van der Waals surface area contributed by atoms with Crippen LogP contribution in [0, 0.1) is 11.6 Å². The number of hydrogen-bond acceptors (Lipinski definition) is 3. The smallest absolute Gasteiger partial charge is 0.237 e. The molecule has 1 amide bonds. The summed E-state index contributed by atoms with van der Waals surface area (Å²) in [6, 6.07) is 3.13. The second-order valence-electron chi connectivity index (χ2n) is 4.56. The number of aliphatic hydroxyl groups excluding tert-OH is 1. The molecule has 1 atom stereocenters.